The first-order valence-corrected chi connectivity index (χ1v) is 16.8. The summed E-state index contributed by atoms with van der Waals surface area (Å²) in [5.41, 5.74) is 5.29. The molecule has 0 heterocycles. The molecule has 2 unspecified atom stereocenters. The van der Waals surface area contributed by atoms with Gasteiger partial charge < -0.3 is 20.1 Å². The molecular formula is C30H56NO8P. The lowest BCUT2D eigenvalue weighted by atomic mass is 10.1. The third-order valence-corrected chi connectivity index (χ3v) is 7.06. The lowest BCUT2D eigenvalue weighted by molar-refractivity contribution is -0.161. The van der Waals surface area contributed by atoms with Crippen LogP contribution in [0.3, 0.4) is 0 Å². The summed E-state index contributed by atoms with van der Waals surface area (Å²) < 4.78 is 32.3. The van der Waals surface area contributed by atoms with Gasteiger partial charge in [-0.1, -0.05) is 95.9 Å². The first-order valence-electron chi connectivity index (χ1n) is 15.3. The second kappa shape index (κ2) is 27.6. The van der Waals surface area contributed by atoms with E-state index < -0.39 is 32.5 Å². The standard InChI is InChI=1S/C30H56NO8P/c1-3-5-7-9-11-12-13-14-15-16-17-19-21-23-30(33)39-28(27-38-40(34,35)37-25-24-31)26-36-29(32)22-20-18-10-8-6-4-2/h7,9,12-13,28H,3-6,8,10-11,14-27,31H2,1-2H3,(H,34,35)/b9-7-,13-12-. The largest absolute Gasteiger partial charge is 0.472 e. The number of carbonyl (C=O) groups is 2. The molecule has 234 valence electrons. The van der Waals surface area contributed by atoms with E-state index in [0.717, 1.165) is 77.0 Å². The van der Waals surface area contributed by atoms with Crippen LogP contribution in [0.15, 0.2) is 24.3 Å². The molecule has 0 aromatic rings. The summed E-state index contributed by atoms with van der Waals surface area (Å²) in [6, 6.07) is 0. The van der Waals surface area contributed by atoms with Gasteiger partial charge in [0.15, 0.2) is 6.10 Å². The van der Waals surface area contributed by atoms with Crippen molar-refractivity contribution in [2.24, 2.45) is 5.73 Å². The Hall–Kier alpha value is -1.51. The van der Waals surface area contributed by atoms with Crippen molar-refractivity contribution in [1.29, 1.82) is 0 Å². The third-order valence-electron chi connectivity index (χ3n) is 6.07. The minimum atomic E-state index is -4.36. The fourth-order valence-electron chi connectivity index (χ4n) is 3.79. The van der Waals surface area contributed by atoms with Crippen LogP contribution in [0.5, 0.6) is 0 Å². The molecule has 0 aliphatic heterocycles. The van der Waals surface area contributed by atoms with Crippen LogP contribution in [0.2, 0.25) is 0 Å². The van der Waals surface area contributed by atoms with Crippen LogP contribution < -0.4 is 5.73 Å². The second-order valence-electron chi connectivity index (χ2n) is 9.97. The molecule has 0 saturated heterocycles. The highest BCUT2D eigenvalue weighted by molar-refractivity contribution is 7.47. The Morgan fingerprint density at radius 3 is 2.00 bits per heavy atom. The maximum Gasteiger partial charge on any atom is 0.472 e. The van der Waals surface area contributed by atoms with Gasteiger partial charge in [-0.3, -0.25) is 18.6 Å². The van der Waals surface area contributed by atoms with Crippen LogP contribution in [0.4, 0.5) is 0 Å². The van der Waals surface area contributed by atoms with Crippen LogP contribution >= 0.6 is 7.82 Å². The summed E-state index contributed by atoms with van der Waals surface area (Å²) in [6.45, 7) is 3.54. The van der Waals surface area contributed by atoms with E-state index in [4.69, 9.17) is 24.3 Å². The average molecular weight is 590 g/mol. The van der Waals surface area contributed by atoms with Crippen molar-refractivity contribution < 1.29 is 37.6 Å². The van der Waals surface area contributed by atoms with Gasteiger partial charge in [-0.05, 0) is 38.5 Å². The van der Waals surface area contributed by atoms with Gasteiger partial charge in [-0.15, -0.1) is 0 Å². The molecule has 9 nitrogen and oxygen atoms in total. The van der Waals surface area contributed by atoms with Crippen molar-refractivity contribution in [3.05, 3.63) is 24.3 Å². The number of unbranched alkanes of at least 4 members (excludes halogenated alkanes) is 11. The first-order chi connectivity index (χ1) is 19.3. The maximum atomic E-state index is 12.4. The molecule has 0 fully saturated rings. The van der Waals surface area contributed by atoms with Crippen molar-refractivity contribution in [2.75, 3.05) is 26.4 Å². The van der Waals surface area contributed by atoms with Gasteiger partial charge in [0.25, 0.3) is 0 Å². The highest BCUT2D eigenvalue weighted by atomic mass is 31.2. The molecule has 40 heavy (non-hydrogen) atoms. The van der Waals surface area contributed by atoms with Crippen LogP contribution in [0.1, 0.15) is 123 Å². The number of esters is 2. The Labute approximate surface area is 242 Å². The fourth-order valence-corrected chi connectivity index (χ4v) is 4.55. The molecule has 0 aromatic carbocycles. The number of phosphoric ester groups is 1. The molecule has 0 spiro atoms. The number of carbonyl (C=O) groups excluding carboxylic acids is 2. The molecule has 0 aromatic heterocycles. The first kappa shape index (κ1) is 38.5. The molecule has 0 rings (SSSR count). The number of allylic oxidation sites excluding steroid dienone is 4. The molecule has 0 aliphatic rings. The highest BCUT2D eigenvalue weighted by Crippen LogP contribution is 2.43. The molecule has 3 N–H and O–H groups in total. The van der Waals surface area contributed by atoms with Crippen molar-refractivity contribution >= 4 is 19.8 Å². The Morgan fingerprint density at radius 1 is 0.750 bits per heavy atom. The van der Waals surface area contributed by atoms with E-state index in [1.54, 1.807) is 0 Å². The topological polar surface area (TPSA) is 134 Å². The molecule has 0 radical (unpaired) electrons. The third kappa shape index (κ3) is 26.7. The Kier molecular flexibility index (Phi) is 26.6. The zero-order valence-electron chi connectivity index (χ0n) is 25.1. The lowest BCUT2D eigenvalue weighted by Gasteiger charge is -2.19. The molecule has 10 heteroatoms. The smallest absolute Gasteiger partial charge is 0.462 e. The van der Waals surface area contributed by atoms with Gasteiger partial charge in [0.05, 0.1) is 13.2 Å². The van der Waals surface area contributed by atoms with E-state index in [-0.39, 0.29) is 32.6 Å². The van der Waals surface area contributed by atoms with Crippen LogP contribution in [-0.2, 0) is 32.7 Å². The predicted molar refractivity (Wildman–Crippen MR) is 160 cm³/mol. The van der Waals surface area contributed by atoms with E-state index in [0.29, 0.717) is 6.42 Å². The number of hydrogen-bond donors (Lipinski definition) is 2. The number of ether oxygens (including phenoxy) is 2. The number of nitrogens with two attached hydrogens (primary N) is 1. The van der Waals surface area contributed by atoms with E-state index in [1.807, 2.05) is 0 Å². The Bertz CT molecular complexity index is 728. The van der Waals surface area contributed by atoms with Crippen LogP contribution in [0, 0.1) is 0 Å². The molecule has 0 saturated carbocycles. The molecular weight excluding hydrogens is 533 g/mol. The molecule has 0 aliphatic carbocycles. The lowest BCUT2D eigenvalue weighted by Crippen LogP contribution is -2.29. The fraction of sp³-hybridized carbons (Fsp3) is 0.800. The number of rotatable bonds is 28. The monoisotopic (exact) mass is 589 g/mol. The minimum Gasteiger partial charge on any atom is -0.462 e. The van der Waals surface area contributed by atoms with Crippen LogP contribution in [0.25, 0.3) is 0 Å². The zero-order valence-corrected chi connectivity index (χ0v) is 26.0. The van der Waals surface area contributed by atoms with Gasteiger partial charge in [-0.25, -0.2) is 4.57 Å². The molecule has 0 amide bonds. The second-order valence-corrected chi connectivity index (χ2v) is 11.4. The van der Waals surface area contributed by atoms with E-state index in [9.17, 15) is 19.0 Å². The van der Waals surface area contributed by atoms with Gasteiger partial charge >= 0.3 is 19.8 Å². The van der Waals surface area contributed by atoms with Crippen molar-refractivity contribution in [2.45, 2.75) is 129 Å². The zero-order chi connectivity index (χ0) is 29.7. The van der Waals surface area contributed by atoms with Crippen LogP contribution in [-0.4, -0.2) is 49.3 Å². The summed E-state index contributed by atoms with van der Waals surface area (Å²) in [5.74, 6) is -0.860. The Balaban J connectivity index is 4.33. The quantitative estimate of drug-likeness (QED) is 0.0416. The van der Waals surface area contributed by atoms with Gasteiger partial charge in [0.2, 0.25) is 0 Å². The summed E-state index contributed by atoms with van der Waals surface area (Å²) in [5, 5.41) is 0. The van der Waals surface area contributed by atoms with E-state index in [1.165, 1.54) is 12.8 Å². The number of phosphoric acid groups is 1. The van der Waals surface area contributed by atoms with Crippen molar-refractivity contribution in [3.8, 4) is 0 Å². The van der Waals surface area contributed by atoms with Crippen molar-refractivity contribution in [1.82, 2.24) is 0 Å². The van der Waals surface area contributed by atoms with E-state index in [2.05, 4.69) is 38.2 Å². The SMILES string of the molecule is CCC/C=C\C/C=C\CCCCCCCC(=O)OC(COC(=O)CCCCCCCC)COP(=O)(O)OCCN. The summed E-state index contributed by atoms with van der Waals surface area (Å²) >= 11 is 0. The summed E-state index contributed by atoms with van der Waals surface area (Å²) in [7, 11) is -4.36. The Morgan fingerprint density at radius 2 is 1.35 bits per heavy atom. The van der Waals surface area contributed by atoms with Gasteiger partial charge in [0.1, 0.15) is 6.61 Å². The van der Waals surface area contributed by atoms with Gasteiger partial charge in [-0.2, -0.15) is 0 Å². The predicted octanol–water partition coefficient (Wildman–Crippen LogP) is 7.32. The summed E-state index contributed by atoms with van der Waals surface area (Å²) in [4.78, 5) is 34.2. The van der Waals surface area contributed by atoms with Gasteiger partial charge in [0, 0.05) is 19.4 Å². The van der Waals surface area contributed by atoms with E-state index >= 15 is 0 Å². The average Bonchev–Trinajstić information content (AvgIpc) is 2.93. The minimum absolute atomic E-state index is 0.0514. The molecule has 0 bridgehead atoms. The number of hydrogen-bond acceptors (Lipinski definition) is 8. The normalized spacial score (nSPS) is 14.0. The van der Waals surface area contributed by atoms with Crippen molar-refractivity contribution in [3.63, 3.8) is 0 Å². The summed E-state index contributed by atoms with van der Waals surface area (Å²) in [6.07, 6.45) is 23.8. The maximum absolute atomic E-state index is 12.4. The molecule has 2 atom stereocenters. The highest BCUT2D eigenvalue weighted by Gasteiger charge is 2.25.